The first-order valence-electron chi connectivity index (χ1n) is 6.97. The van der Waals surface area contributed by atoms with Gasteiger partial charge in [0.15, 0.2) is 0 Å². The molecule has 1 aliphatic heterocycles. The third-order valence-corrected chi connectivity index (χ3v) is 5.43. The molecule has 2 aromatic heterocycles. The maximum Gasteiger partial charge on any atom is 0.225 e. The highest BCUT2D eigenvalue weighted by atomic mass is 35.5. The Bertz CT molecular complexity index is 630. The molecule has 20 heavy (non-hydrogen) atoms. The lowest BCUT2D eigenvalue weighted by Gasteiger charge is -2.26. The summed E-state index contributed by atoms with van der Waals surface area (Å²) in [4.78, 5) is 13.2. The predicted octanol–water partition coefficient (Wildman–Crippen LogP) is 3.11. The fourth-order valence-electron chi connectivity index (χ4n) is 2.87. The highest BCUT2D eigenvalue weighted by Gasteiger charge is 2.33. The van der Waals surface area contributed by atoms with Gasteiger partial charge in [-0.05, 0) is 36.4 Å². The van der Waals surface area contributed by atoms with Crippen LogP contribution in [-0.2, 0) is 6.42 Å². The standard InChI is InChI=1S/C14H18ClN3OS/c1-3-9-6-10-12(16-14(15)17-13(10)20-9)18-5-4-8(2)11(18)7-19/h6,8,11,19H,3-5,7H2,1-2H3. The fraction of sp³-hybridized carbons (Fsp3) is 0.571. The van der Waals surface area contributed by atoms with Crippen LogP contribution in [0.4, 0.5) is 5.82 Å². The van der Waals surface area contributed by atoms with Gasteiger partial charge in [-0.25, -0.2) is 4.98 Å². The van der Waals surface area contributed by atoms with Crippen molar-refractivity contribution in [3.8, 4) is 0 Å². The number of aryl methyl sites for hydroxylation is 1. The lowest BCUT2D eigenvalue weighted by atomic mass is 10.0. The first-order valence-corrected chi connectivity index (χ1v) is 8.17. The van der Waals surface area contributed by atoms with Gasteiger partial charge in [0, 0.05) is 11.4 Å². The molecule has 2 atom stereocenters. The van der Waals surface area contributed by atoms with Crippen LogP contribution in [-0.4, -0.2) is 34.3 Å². The number of thiophene rings is 1. The van der Waals surface area contributed by atoms with Crippen molar-refractivity contribution >= 4 is 39.0 Å². The van der Waals surface area contributed by atoms with E-state index >= 15 is 0 Å². The smallest absolute Gasteiger partial charge is 0.225 e. The van der Waals surface area contributed by atoms with E-state index in [2.05, 4.69) is 34.8 Å². The van der Waals surface area contributed by atoms with Gasteiger partial charge in [-0.3, -0.25) is 0 Å². The minimum Gasteiger partial charge on any atom is -0.394 e. The molecule has 3 rings (SSSR count). The number of rotatable bonds is 3. The Morgan fingerprint density at radius 1 is 1.50 bits per heavy atom. The Labute approximate surface area is 127 Å². The maximum atomic E-state index is 9.65. The highest BCUT2D eigenvalue weighted by molar-refractivity contribution is 7.18. The van der Waals surface area contributed by atoms with E-state index in [1.165, 1.54) is 4.88 Å². The second-order valence-electron chi connectivity index (χ2n) is 5.31. The second kappa shape index (κ2) is 5.47. The summed E-state index contributed by atoms with van der Waals surface area (Å²) in [6.07, 6.45) is 2.05. The Morgan fingerprint density at radius 2 is 2.30 bits per heavy atom. The molecule has 0 amide bonds. The number of hydrogen-bond acceptors (Lipinski definition) is 5. The van der Waals surface area contributed by atoms with E-state index in [-0.39, 0.29) is 17.9 Å². The molecule has 0 aliphatic carbocycles. The summed E-state index contributed by atoms with van der Waals surface area (Å²) in [6, 6.07) is 2.28. The van der Waals surface area contributed by atoms with Gasteiger partial charge in [0.25, 0.3) is 0 Å². The molecule has 2 unspecified atom stereocenters. The van der Waals surface area contributed by atoms with Gasteiger partial charge in [0.05, 0.1) is 18.0 Å². The first-order chi connectivity index (χ1) is 9.63. The Kier molecular flexibility index (Phi) is 3.84. The molecule has 0 spiro atoms. The van der Waals surface area contributed by atoms with Crippen LogP contribution in [0.1, 0.15) is 25.1 Å². The summed E-state index contributed by atoms with van der Waals surface area (Å²) in [7, 11) is 0. The Hall–Kier alpha value is -0.910. The van der Waals surface area contributed by atoms with Crippen molar-refractivity contribution in [2.75, 3.05) is 18.1 Å². The van der Waals surface area contributed by atoms with E-state index in [0.717, 1.165) is 35.4 Å². The number of hydrogen-bond donors (Lipinski definition) is 1. The van der Waals surface area contributed by atoms with Gasteiger partial charge in [-0.2, -0.15) is 4.98 Å². The zero-order chi connectivity index (χ0) is 14.3. The molecule has 6 heteroatoms. The summed E-state index contributed by atoms with van der Waals surface area (Å²) in [5.41, 5.74) is 0. The van der Waals surface area contributed by atoms with Gasteiger partial charge < -0.3 is 10.0 Å². The molecule has 0 radical (unpaired) electrons. The zero-order valence-corrected chi connectivity index (χ0v) is 13.2. The number of anilines is 1. The van der Waals surface area contributed by atoms with E-state index in [4.69, 9.17) is 11.6 Å². The largest absolute Gasteiger partial charge is 0.394 e. The normalized spacial score (nSPS) is 22.9. The maximum absolute atomic E-state index is 9.65. The number of aliphatic hydroxyl groups is 1. The fourth-order valence-corrected chi connectivity index (χ4v) is 4.05. The first kappa shape index (κ1) is 14.0. The second-order valence-corrected chi connectivity index (χ2v) is 6.76. The van der Waals surface area contributed by atoms with Crippen molar-refractivity contribution in [1.82, 2.24) is 9.97 Å². The van der Waals surface area contributed by atoms with Crippen LogP contribution in [0.25, 0.3) is 10.2 Å². The average Bonchev–Trinajstić information content (AvgIpc) is 3.00. The molecule has 108 valence electrons. The zero-order valence-electron chi connectivity index (χ0n) is 11.6. The van der Waals surface area contributed by atoms with Crippen LogP contribution in [0, 0.1) is 5.92 Å². The SMILES string of the molecule is CCc1cc2c(N3CCC(C)C3CO)nc(Cl)nc2s1. The van der Waals surface area contributed by atoms with Crippen LogP contribution in [0.2, 0.25) is 5.28 Å². The van der Waals surface area contributed by atoms with E-state index in [1.54, 1.807) is 11.3 Å². The molecule has 0 bridgehead atoms. The lowest BCUT2D eigenvalue weighted by Crippen LogP contribution is -2.35. The molecule has 1 saturated heterocycles. The predicted molar refractivity (Wildman–Crippen MR) is 83.8 cm³/mol. The van der Waals surface area contributed by atoms with E-state index in [1.807, 2.05) is 0 Å². The molecule has 1 fully saturated rings. The summed E-state index contributed by atoms with van der Waals surface area (Å²) in [6.45, 7) is 5.36. The molecule has 4 nitrogen and oxygen atoms in total. The molecular weight excluding hydrogens is 294 g/mol. The molecule has 3 heterocycles. The lowest BCUT2D eigenvalue weighted by molar-refractivity contribution is 0.244. The van der Waals surface area contributed by atoms with Gasteiger partial charge in [-0.15, -0.1) is 11.3 Å². The van der Waals surface area contributed by atoms with Crippen molar-refractivity contribution in [2.45, 2.75) is 32.7 Å². The van der Waals surface area contributed by atoms with Crippen molar-refractivity contribution < 1.29 is 5.11 Å². The van der Waals surface area contributed by atoms with Crippen molar-refractivity contribution in [3.05, 3.63) is 16.2 Å². The summed E-state index contributed by atoms with van der Waals surface area (Å²) >= 11 is 7.75. The summed E-state index contributed by atoms with van der Waals surface area (Å²) in [5, 5.41) is 11.0. The minimum atomic E-state index is 0.120. The monoisotopic (exact) mass is 311 g/mol. The summed E-state index contributed by atoms with van der Waals surface area (Å²) in [5.74, 6) is 1.34. The van der Waals surface area contributed by atoms with Gasteiger partial charge in [-0.1, -0.05) is 13.8 Å². The molecular formula is C14H18ClN3OS. The number of halogens is 1. The van der Waals surface area contributed by atoms with Crippen LogP contribution < -0.4 is 4.90 Å². The van der Waals surface area contributed by atoms with Crippen LogP contribution in [0.3, 0.4) is 0 Å². The quantitative estimate of drug-likeness (QED) is 0.885. The van der Waals surface area contributed by atoms with Crippen LogP contribution in [0.5, 0.6) is 0 Å². The molecule has 1 aliphatic rings. The van der Waals surface area contributed by atoms with Gasteiger partial charge in [0.2, 0.25) is 5.28 Å². The molecule has 1 N–H and O–H groups in total. The number of fused-ring (bicyclic) bond motifs is 1. The van der Waals surface area contributed by atoms with Crippen molar-refractivity contribution in [1.29, 1.82) is 0 Å². The highest BCUT2D eigenvalue weighted by Crippen LogP contribution is 2.36. The van der Waals surface area contributed by atoms with Crippen molar-refractivity contribution in [2.24, 2.45) is 5.92 Å². The molecule has 2 aromatic rings. The van der Waals surface area contributed by atoms with Crippen molar-refractivity contribution in [3.63, 3.8) is 0 Å². The van der Waals surface area contributed by atoms with Gasteiger partial charge in [0.1, 0.15) is 10.6 Å². The molecule has 0 aromatic carbocycles. The average molecular weight is 312 g/mol. The third kappa shape index (κ3) is 2.28. The third-order valence-electron chi connectivity index (χ3n) is 4.09. The Morgan fingerprint density at radius 3 is 3.00 bits per heavy atom. The minimum absolute atomic E-state index is 0.120. The number of aliphatic hydroxyl groups excluding tert-OH is 1. The molecule has 0 saturated carbocycles. The van der Waals surface area contributed by atoms with Crippen LogP contribution in [0.15, 0.2) is 6.07 Å². The van der Waals surface area contributed by atoms with E-state index in [0.29, 0.717) is 5.92 Å². The Balaban J connectivity index is 2.12. The van der Waals surface area contributed by atoms with Gasteiger partial charge >= 0.3 is 0 Å². The number of nitrogens with zero attached hydrogens (tertiary/aromatic N) is 3. The number of aromatic nitrogens is 2. The summed E-state index contributed by atoms with van der Waals surface area (Å²) < 4.78 is 0. The van der Waals surface area contributed by atoms with E-state index < -0.39 is 0 Å². The topological polar surface area (TPSA) is 49.2 Å². The van der Waals surface area contributed by atoms with Crippen LogP contribution >= 0.6 is 22.9 Å². The van der Waals surface area contributed by atoms with E-state index in [9.17, 15) is 5.11 Å².